The summed E-state index contributed by atoms with van der Waals surface area (Å²) in [5.74, 6) is 0.263. The highest BCUT2D eigenvalue weighted by Crippen LogP contribution is 2.68. The van der Waals surface area contributed by atoms with Gasteiger partial charge in [0.2, 0.25) is 0 Å². The van der Waals surface area contributed by atoms with Gasteiger partial charge in [0, 0.05) is 56.2 Å². The first-order valence-corrected chi connectivity index (χ1v) is 31.8. The quantitative estimate of drug-likeness (QED) is 0.163. The SMILES string of the molecule is Cc1cc2c3c(c1)N(c1cccc4c1-c1ccccc1C4(C)C)c1cc4c(cc1B3c1ccc(C3c5ccc(C(C)(C)C)cc5C5(C)CCCCC35C)cc1N2c1cc2c(cc1C)C(C)(C)CCC2(C)C)C(C)(C)c1ccccc1C4(C)C. The Hall–Kier alpha value is -6.58. The second-order valence-corrected chi connectivity index (χ2v) is 31.7. The highest BCUT2D eigenvalue weighted by atomic mass is 15.2. The van der Waals surface area contributed by atoms with Gasteiger partial charge in [-0.3, -0.25) is 0 Å². The normalized spacial score (nSPS) is 23.6. The van der Waals surface area contributed by atoms with Crippen molar-refractivity contribution in [3.8, 4) is 11.1 Å². The molecule has 3 heteroatoms. The topological polar surface area (TPSA) is 6.48 Å². The summed E-state index contributed by atoms with van der Waals surface area (Å²) in [5, 5.41) is 0. The van der Waals surface area contributed by atoms with Crippen molar-refractivity contribution in [1.82, 2.24) is 0 Å². The number of nitrogens with zero attached hydrogens (tertiary/aromatic N) is 2. The zero-order valence-electron chi connectivity index (χ0n) is 53.1. The van der Waals surface area contributed by atoms with Crippen molar-refractivity contribution in [2.24, 2.45) is 5.41 Å². The number of hydrogen-bond donors (Lipinski definition) is 0. The fourth-order valence-electron chi connectivity index (χ4n) is 18.7. The lowest BCUT2D eigenvalue weighted by Crippen LogP contribution is -2.62. The minimum atomic E-state index is -0.231. The lowest BCUT2D eigenvalue weighted by Gasteiger charge is -2.50. The smallest absolute Gasteiger partial charge is 0.252 e. The van der Waals surface area contributed by atoms with Crippen LogP contribution in [0.5, 0.6) is 0 Å². The molecule has 0 amide bonds. The Morgan fingerprint density at radius 3 is 1.67 bits per heavy atom. The van der Waals surface area contributed by atoms with Crippen molar-refractivity contribution < 1.29 is 0 Å². The molecule has 1 fully saturated rings. The van der Waals surface area contributed by atoms with E-state index < -0.39 is 0 Å². The molecule has 5 aliphatic carbocycles. The number of benzene rings is 8. The van der Waals surface area contributed by atoms with E-state index in [2.05, 4.69) is 267 Å². The van der Waals surface area contributed by atoms with Gasteiger partial charge in [0.15, 0.2) is 0 Å². The zero-order chi connectivity index (χ0) is 58.2. The molecule has 0 radical (unpaired) electrons. The van der Waals surface area contributed by atoms with Gasteiger partial charge in [0.25, 0.3) is 6.71 Å². The van der Waals surface area contributed by atoms with Crippen LogP contribution in [0.1, 0.15) is 226 Å². The molecule has 2 nitrogen and oxygen atoms in total. The van der Waals surface area contributed by atoms with Gasteiger partial charge >= 0.3 is 0 Å². The van der Waals surface area contributed by atoms with Gasteiger partial charge in [-0.2, -0.15) is 0 Å². The van der Waals surface area contributed by atoms with Gasteiger partial charge in [-0.15, -0.1) is 0 Å². The van der Waals surface area contributed by atoms with Crippen molar-refractivity contribution in [2.45, 2.75) is 200 Å². The largest absolute Gasteiger partial charge is 0.311 e. The average Bonchev–Trinajstić information content (AvgIpc) is 1.55. The first kappa shape index (κ1) is 53.2. The highest BCUT2D eigenvalue weighted by molar-refractivity contribution is 7.00. The molecular formula is C80H87BN2. The van der Waals surface area contributed by atoms with Crippen molar-refractivity contribution >= 4 is 57.2 Å². The lowest BCUT2D eigenvalue weighted by atomic mass is 9.33. The van der Waals surface area contributed by atoms with Gasteiger partial charge < -0.3 is 9.80 Å². The predicted molar refractivity (Wildman–Crippen MR) is 354 cm³/mol. The summed E-state index contributed by atoms with van der Waals surface area (Å²) < 4.78 is 0. The molecule has 2 heterocycles. The summed E-state index contributed by atoms with van der Waals surface area (Å²) >= 11 is 0. The van der Waals surface area contributed by atoms with E-state index in [-0.39, 0.29) is 56.0 Å². The Labute approximate surface area is 498 Å². The molecule has 8 aromatic carbocycles. The third-order valence-electron chi connectivity index (χ3n) is 23.9. The van der Waals surface area contributed by atoms with E-state index in [1.54, 1.807) is 11.1 Å². The molecule has 3 unspecified atom stereocenters. The molecule has 1 saturated carbocycles. The summed E-state index contributed by atoms with van der Waals surface area (Å²) in [5.41, 5.74) is 34.7. The van der Waals surface area contributed by atoms with Crippen LogP contribution in [-0.2, 0) is 37.9 Å². The molecule has 420 valence electrons. The van der Waals surface area contributed by atoms with Gasteiger partial charge in [-0.1, -0.05) is 220 Å². The molecule has 8 aromatic rings. The number of aryl methyl sites for hydroxylation is 2. The molecule has 3 atom stereocenters. The number of rotatable bonds is 3. The van der Waals surface area contributed by atoms with Crippen molar-refractivity contribution in [3.05, 3.63) is 217 Å². The van der Waals surface area contributed by atoms with E-state index in [9.17, 15) is 0 Å². The maximum Gasteiger partial charge on any atom is 0.252 e. The minimum absolute atomic E-state index is 0.0249. The first-order chi connectivity index (χ1) is 39.1. The molecule has 0 aromatic heterocycles. The van der Waals surface area contributed by atoms with Crippen LogP contribution < -0.4 is 26.2 Å². The van der Waals surface area contributed by atoms with E-state index >= 15 is 0 Å². The Balaban J connectivity index is 1.06. The molecule has 0 saturated heterocycles. The standard InChI is InChI=1S/C80H87BN2/c1-47-39-68-72-69(40-47)83(65-45-59-58(41-48(65)2)74(6,7)37-38-75(59,8)9)66-42-49(71-52-33-32-50(73(3,4)5)43-57(52)79(16)35-22-23-36-80(71,79)17)31-34-62(66)81(72)63-44-60-61(78(14,15)55-28-21-20-27-54(55)77(60,12)13)46-67(63)82(68)64-30-24-29-56-70(64)51-25-18-19-26-53(51)76(56,10)11/h18-21,24-34,39-46,71H,22-23,35-38H2,1-17H3. The number of hydrogen-bond acceptors (Lipinski definition) is 2. The maximum absolute atomic E-state index is 2.80. The molecule has 0 bridgehead atoms. The lowest BCUT2D eigenvalue weighted by molar-refractivity contribution is 0.0923. The third kappa shape index (κ3) is 6.92. The van der Waals surface area contributed by atoms with Crippen LogP contribution in [0.2, 0.25) is 0 Å². The monoisotopic (exact) mass is 1090 g/mol. The number of fused-ring (bicyclic) bond motifs is 13. The van der Waals surface area contributed by atoms with Crippen molar-refractivity contribution in [1.29, 1.82) is 0 Å². The van der Waals surface area contributed by atoms with Gasteiger partial charge in [0.1, 0.15) is 0 Å². The fraction of sp³-hybridized carbons (Fsp3) is 0.400. The van der Waals surface area contributed by atoms with Crippen LogP contribution >= 0.6 is 0 Å². The molecule has 83 heavy (non-hydrogen) atoms. The summed E-state index contributed by atoms with van der Waals surface area (Å²) in [4.78, 5) is 5.56. The van der Waals surface area contributed by atoms with Crippen LogP contribution in [0.4, 0.5) is 34.1 Å². The summed E-state index contributed by atoms with van der Waals surface area (Å²) in [6.07, 6.45) is 7.39. The van der Waals surface area contributed by atoms with Crippen LogP contribution in [0.3, 0.4) is 0 Å². The zero-order valence-corrected chi connectivity index (χ0v) is 53.1. The Bertz CT molecular complexity index is 4150. The van der Waals surface area contributed by atoms with E-state index in [1.165, 1.54) is 167 Å². The molecular weight excluding hydrogens is 1000 g/mol. The van der Waals surface area contributed by atoms with Gasteiger partial charge in [-0.05, 0) is 203 Å². The van der Waals surface area contributed by atoms with Crippen molar-refractivity contribution in [3.63, 3.8) is 0 Å². The average molecular weight is 1090 g/mol. The highest BCUT2D eigenvalue weighted by Gasteiger charge is 2.59. The van der Waals surface area contributed by atoms with Crippen LogP contribution in [0, 0.1) is 19.3 Å². The van der Waals surface area contributed by atoms with E-state index in [4.69, 9.17) is 0 Å². The molecule has 0 N–H and O–H groups in total. The molecule has 15 rings (SSSR count). The Morgan fingerprint density at radius 1 is 0.434 bits per heavy atom. The van der Waals surface area contributed by atoms with E-state index in [0.29, 0.717) is 0 Å². The van der Waals surface area contributed by atoms with Gasteiger partial charge in [0.05, 0.1) is 5.69 Å². The molecule has 0 spiro atoms. The second kappa shape index (κ2) is 16.9. The summed E-state index contributed by atoms with van der Waals surface area (Å²) in [6.45, 7) is 42.1. The summed E-state index contributed by atoms with van der Waals surface area (Å²) in [7, 11) is 0. The first-order valence-electron chi connectivity index (χ1n) is 31.8. The summed E-state index contributed by atoms with van der Waals surface area (Å²) in [6, 6.07) is 57.3. The van der Waals surface area contributed by atoms with E-state index in [0.717, 1.165) is 0 Å². The van der Waals surface area contributed by atoms with E-state index in [1.807, 2.05) is 0 Å². The molecule has 7 aliphatic rings. The number of anilines is 6. The third-order valence-corrected chi connectivity index (χ3v) is 23.9. The van der Waals surface area contributed by atoms with Gasteiger partial charge in [-0.25, -0.2) is 0 Å². The second-order valence-electron chi connectivity index (χ2n) is 31.7. The fourth-order valence-corrected chi connectivity index (χ4v) is 18.7. The predicted octanol–water partition coefficient (Wildman–Crippen LogP) is 19.3. The van der Waals surface area contributed by atoms with Crippen LogP contribution in [-0.4, -0.2) is 6.71 Å². The molecule has 2 aliphatic heterocycles. The van der Waals surface area contributed by atoms with Crippen molar-refractivity contribution in [2.75, 3.05) is 9.80 Å². The minimum Gasteiger partial charge on any atom is -0.311 e. The van der Waals surface area contributed by atoms with Crippen LogP contribution in [0.15, 0.2) is 140 Å². The maximum atomic E-state index is 2.80. The Kier molecular flexibility index (Phi) is 10.8. The van der Waals surface area contributed by atoms with Crippen LogP contribution in [0.25, 0.3) is 11.1 Å². The Morgan fingerprint density at radius 2 is 1.00 bits per heavy atom.